The van der Waals surface area contributed by atoms with Crippen LogP contribution in [-0.4, -0.2) is 17.1 Å². The van der Waals surface area contributed by atoms with Crippen molar-refractivity contribution in [3.63, 3.8) is 0 Å². The van der Waals surface area contributed by atoms with Gasteiger partial charge in [0.1, 0.15) is 0 Å². The van der Waals surface area contributed by atoms with E-state index in [1.807, 2.05) is 6.07 Å². The maximum absolute atomic E-state index is 9.45. The van der Waals surface area contributed by atoms with Crippen molar-refractivity contribution in [2.45, 2.75) is 25.4 Å². The van der Waals surface area contributed by atoms with Crippen LogP contribution in [0.1, 0.15) is 18.4 Å². The number of alkyl halides is 1. The molecule has 0 aliphatic carbocycles. The van der Waals surface area contributed by atoms with Crippen molar-refractivity contribution in [2.24, 2.45) is 0 Å². The molecule has 12 heavy (non-hydrogen) atoms. The molecular weight excluding hydrogens is 176 g/mol. The average Bonchev–Trinajstić information content (AvgIpc) is 2.53. The SMILES string of the molecule is OC(CCCCl)Cc1ccoc1. The lowest BCUT2D eigenvalue weighted by Crippen LogP contribution is -2.09. The molecule has 0 aliphatic rings. The lowest BCUT2D eigenvalue weighted by Gasteiger charge is -2.06. The molecule has 0 spiro atoms. The summed E-state index contributed by atoms with van der Waals surface area (Å²) in [6.07, 6.45) is 5.26. The van der Waals surface area contributed by atoms with Gasteiger partial charge in [0.2, 0.25) is 0 Å². The number of hydrogen-bond donors (Lipinski definition) is 1. The number of aliphatic hydroxyl groups excluding tert-OH is 1. The smallest absolute Gasteiger partial charge is 0.0935 e. The molecule has 0 radical (unpaired) electrons. The van der Waals surface area contributed by atoms with E-state index in [1.165, 1.54) is 0 Å². The van der Waals surface area contributed by atoms with Gasteiger partial charge in [-0.15, -0.1) is 11.6 Å². The van der Waals surface area contributed by atoms with Crippen LogP contribution in [0.4, 0.5) is 0 Å². The topological polar surface area (TPSA) is 33.4 Å². The Bertz CT molecular complexity index is 196. The van der Waals surface area contributed by atoms with Crippen LogP contribution in [0.3, 0.4) is 0 Å². The summed E-state index contributed by atoms with van der Waals surface area (Å²) in [6.45, 7) is 0. The summed E-state index contributed by atoms with van der Waals surface area (Å²) < 4.78 is 4.88. The van der Waals surface area contributed by atoms with Gasteiger partial charge in [-0.1, -0.05) is 0 Å². The zero-order chi connectivity index (χ0) is 8.81. The average molecular weight is 189 g/mol. The molecule has 0 amide bonds. The highest BCUT2D eigenvalue weighted by Gasteiger charge is 2.05. The van der Waals surface area contributed by atoms with Crippen molar-refractivity contribution in [3.05, 3.63) is 24.2 Å². The number of aliphatic hydroxyl groups is 1. The van der Waals surface area contributed by atoms with Crippen LogP contribution >= 0.6 is 11.6 Å². The molecule has 1 aromatic rings. The van der Waals surface area contributed by atoms with Crippen molar-refractivity contribution in [1.82, 2.24) is 0 Å². The first-order chi connectivity index (χ1) is 5.83. The Morgan fingerprint density at radius 1 is 1.58 bits per heavy atom. The molecule has 1 unspecified atom stereocenters. The first kappa shape index (κ1) is 9.62. The number of furan rings is 1. The Morgan fingerprint density at radius 2 is 2.42 bits per heavy atom. The summed E-state index contributed by atoms with van der Waals surface area (Å²) in [5.74, 6) is 0.614. The Morgan fingerprint density at radius 3 is 3.00 bits per heavy atom. The first-order valence-electron chi connectivity index (χ1n) is 4.08. The van der Waals surface area contributed by atoms with E-state index in [-0.39, 0.29) is 6.10 Å². The molecule has 1 atom stereocenters. The lowest BCUT2D eigenvalue weighted by molar-refractivity contribution is 0.164. The molecule has 1 heterocycles. The zero-order valence-corrected chi connectivity index (χ0v) is 7.63. The normalized spacial score (nSPS) is 13.2. The Hall–Kier alpha value is -0.470. The van der Waals surface area contributed by atoms with E-state index in [4.69, 9.17) is 16.0 Å². The van der Waals surface area contributed by atoms with Crippen LogP contribution in [0.25, 0.3) is 0 Å². The molecule has 1 aromatic heterocycles. The van der Waals surface area contributed by atoms with Gasteiger partial charge in [0, 0.05) is 12.3 Å². The summed E-state index contributed by atoms with van der Waals surface area (Å²) in [5, 5.41) is 9.45. The Kier molecular flexibility index (Phi) is 4.19. The minimum absolute atomic E-state index is 0.290. The predicted molar refractivity (Wildman–Crippen MR) is 48.4 cm³/mol. The monoisotopic (exact) mass is 188 g/mol. The van der Waals surface area contributed by atoms with Crippen LogP contribution < -0.4 is 0 Å². The van der Waals surface area contributed by atoms with Crippen molar-refractivity contribution in [3.8, 4) is 0 Å². The number of halogens is 1. The van der Waals surface area contributed by atoms with Crippen molar-refractivity contribution in [1.29, 1.82) is 0 Å². The second-order valence-electron chi connectivity index (χ2n) is 2.82. The summed E-state index contributed by atoms with van der Waals surface area (Å²) in [5.41, 5.74) is 1.04. The van der Waals surface area contributed by atoms with Crippen LogP contribution in [0.2, 0.25) is 0 Å². The van der Waals surface area contributed by atoms with E-state index in [9.17, 15) is 5.11 Å². The van der Waals surface area contributed by atoms with Crippen molar-refractivity contribution >= 4 is 11.6 Å². The van der Waals surface area contributed by atoms with Crippen LogP contribution in [0, 0.1) is 0 Å². The molecule has 2 nitrogen and oxygen atoms in total. The van der Waals surface area contributed by atoms with Crippen molar-refractivity contribution in [2.75, 3.05) is 5.88 Å². The highest BCUT2D eigenvalue weighted by molar-refractivity contribution is 6.17. The van der Waals surface area contributed by atoms with Gasteiger partial charge in [0.25, 0.3) is 0 Å². The largest absolute Gasteiger partial charge is 0.472 e. The fourth-order valence-electron chi connectivity index (χ4n) is 1.10. The summed E-state index contributed by atoms with van der Waals surface area (Å²) in [4.78, 5) is 0. The van der Waals surface area contributed by atoms with E-state index in [1.54, 1.807) is 12.5 Å². The van der Waals surface area contributed by atoms with E-state index >= 15 is 0 Å². The highest BCUT2D eigenvalue weighted by atomic mass is 35.5. The molecule has 0 saturated heterocycles. The van der Waals surface area contributed by atoms with Crippen LogP contribution in [0.15, 0.2) is 23.0 Å². The third-order valence-electron chi connectivity index (χ3n) is 1.72. The van der Waals surface area contributed by atoms with E-state index in [2.05, 4.69) is 0 Å². The zero-order valence-electron chi connectivity index (χ0n) is 6.87. The molecular formula is C9H13ClO2. The maximum Gasteiger partial charge on any atom is 0.0935 e. The van der Waals surface area contributed by atoms with Crippen LogP contribution in [0.5, 0.6) is 0 Å². The van der Waals surface area contributed by atoms with E-state index in [0.29, 0.717) is 12.3 Å². The van der Waals surface area contributed by atoms with Gasteiger partial charge >= 0.3 is 0 Å². The van der Waals surface area contributed by atoms with Crippen LogP contribution in [-0.2, 0) is 6.42 Å². The maximum atomic E-state index is 9.45. The molecule has 0 aliphatic heterocycles. The van der Waals surface area contributed by atoms with Gasteiger partial charge in [-0.2, -0.15) is 0 Å². The Balaban J connectivity index is 2.22. The molecule has 1 rings (SSSR count). The Labute approximate surface area is 77.1 Å². The summed E-state index contributed by atoms with van der Waals surface area (Å²) >= 11 is 5.50. The highest BCUT2D eigenvalue weighted by Crippen LogP contribution is 2.08. The molecule has 0 saturated carbocycles. The third kappa shape index (κ3) is 3.28. The second-order valence-corrected chi connectivity index (χ2v) is 3.20. The minimum atomic E-state index is -0.290. The van der Waals surface area contributed by atoms with Crippen molar-refractivity contribution < 1.29 is 9.52 Å². The predicted octanol–water partition coefficient (Wildman–Crippen LogP) is 2.20. The number of hydrogen-bond acceptors (Lipinski definition) is 2. The van der Waals surface area contributed by atoms with Gasteiger partial charge in [-0.25, -0.2) is 0 Å². The third-order valence-corrected chi connectivity index (χ3v) is 1.99. The minimum Gasteiger partial charge on any atom is -0.472 e. The molecule has 0 aromatic carbocycles. The molecule has 1 N–H and O–H groups in total. The van der Waals surface area contributed by atoms with Gasteiger partial charge in [0.05, 0.1) is 18.6 Å². The lowest BCUT2D eigenvalue weighted by atomic mass is 10.1. The summed E-state index contributed by atoms with van der Waals surface area (Å²) in [7, 11) is 0. The molecule has 68 valence electrons. The molecule has 0 fully saturated rings. The van der Waals surface area contributed by atoms with Gasteiger partial charge < -0.3 is 9.52 Å². The quantitative estimate of drug-likeness (QED) is 0.719. The standard InChI is InChI=1S/C9H13ClO2/c10-4-1-2-9(11)6-8-3-5-12-7-8/h3,5,7,9,11H,1-2,4,6H2. The fourth-order valence-corrected chi connectivity index (χ4v) is 1.25. The van der Waals surface area contributed by atoms with Gasteiger partial charge in [0.15, 0.2) is 0 Å². The van der Waals surface area contributed by atoms with Gasteiger partial charge in [-0.3, -0.25) is 0 Å². The number of rotatable bonds is 5. The summed E-state index contributed by atoms with van der Waals surface area (Å²) in [6, 6.07) is 1.86. The molecule has 3 heteroatoms. The molecule has 0 bridgehead atoms. The first-order valence-corrected chi connectivity index (χ1v) is 4.61. The second kappa shape index (κ2) is 5.22. The fraction of sp³-hybridized carbons (Fsp3) is 0.556. The van der Waals surface area contributed by atoms with E-state index in [0.717, 1.165) is 18.4 Å². The van der Waals surface area contributed by atoms with E-state index < -0.39 is 0 Å². The van der Waals surface area contributed by atoms with Gasteiger partial charge in [-0.05, 0) is 24.5 Å².